The van der Waals surface area contributed by atoms with Crippen molar-refractivity contribution in [2.75, 3.05) is 0 Å². The molecule has 0 atom stereocenters. The first-order chi connectivity index (χ1) is 28.8. The van der Waals surface area contributed by atoms with Gasteiger partial charge in [-0.25, -0.2) is 8.42 Å². The van der Waals surface area contributed by atoms with E-state index in [2.05, 4.69) is 13.8 Å². The number of aromatic hydroxyl groups is 1. The van der Waals surface area contributed by atoms with Gasteiger partial charge in [0.05, 0.1) is 9.79 Å². The minimum atomic E-state index is -4.55. The smallest absolute Gasteiger partial charge is 0.872 e. The van der Waals surface area contributed by atoms with Crippen molar-refractivity contribution in [1.82, 2.24) is 0 Å². The van der Waals surface area contributed by atoms with Crippen molar-refractivity contribution in [3.05, 3.63) is 96.1 Å². The second kappa shape index (κ2) is 30.3. The molecule has 4 aromatic rings. The third kappa shape index (κ3) is 22.9. The molecule has 0 aliphatic rings. The fourth-order valence-electron chi connectivity index (χ4n) is 6.89. The van der Waals surface area contributed by atoms with Gasteiger partial charge in [0.25, 0.3) is 10.1 Å². The number of unbranched alkanes of at least 4 members (excludes halogenated alkanes) is 18. The predicted molar refractivity (Wildman–Crippen MR) is 242 cm³/mol. The first-order valence-corrected chi connectivity index (χ1v) is 24.8. The van der Waals surface area contributed by atoms with E-state index < -0.39 is 20.2 Å². The van der Waals surface area contributed by atoms with E-state index in [9.17, 15) is 31.6 Å². The average Bonchev–Trinajstić information content (AvgIpc) is 3.20. The van der Waals surface area contributed by atoms with Crippen molar-refractivity contribution in [2.24, 2.45) is 0 Å². The van der Waals surface area contributed by atoms with Gasteiger partial charge in [0.2, 0.25) is 0 Å². The molecule has 332 valence electrons. The fourth-order valence-corrected chi connectivity index (χ4v) is 7.91. The van der Waals surface area contributed by atoms with Crippen LogP contribution in [0, 0.1) is 0 Å². The van der Waals surface area contributed by atoms with Gasteiger partial charge in [-0.1, -0.05) is 159 Å². The van der Waals surface area contributed by atoms with Crippen LogP contribution in [0.25, 0.3) is 0 Å². The third-order valence-corrected chi connectivity index (χ3v) is 12.0. The normalized spacial score (nSPS) is 11.3. The zero-order chi connectivity index (χ0) is 43.6. The molecule has 0 heterocycles. The molecule has 0 radical (unpaired) electrons. The molecule has 13 heteroatoms. The number of hydrogen-bond acceptors (Lipinski definition) is 9. The van der Waals surface area contributed by atoms with Crippen LogP contribution in [0.5, 0.6) is 34.5 Å². The first-order valence-electron chi connectivity index (χ1n) is 21.9. The largest absolute Gasteiger partial charge is 2.00 e. The molecule has 0 aliphatic heterocycles. The van der Waals surface area contributed by atoms with E-state index >= 15 is 0 Å². The van der Waals surface area contributed by atoms with Gasteiger partial charge in [-0.2, -0.15) is 8.42 Å². The maximum Gasteiger partial charge on any atom is 2.00 e. The zero-order valence-corrected chi connectivity index (χ0v) is 40.2. The Kier molecular flexibility index (Phi) is 27.0. The molecule has 0 saturated heterocycles. The second-order valence-electron chi connectivity index (χ2n) is 15.5. The minimum absolute atomic E-state index is 0. The first kappa shape index (κ1) is 54.3. The molecule has 0 aliphatic carbocycles. The molecule has 0 bridgehead atoms. The van der Waals surface area contributed by atoms with Crippen LogP contribution >= 0.6 is 0 Å². The average molecular weight is 907 g/mol. The Hall–Kier alpha value is -2.84. The van der Waals surface area contributed by atoms with E-state index in [-0.39, 0.29) is 70.5 Å². The molecule has 10 nitrogen and oxygen atoms in total. The van der Waals surface area contributed by atoms with Crippen LogP contribution in [-0.2, 0) is 33.1 Å². The van der Waals surface area contributed by atoms with Crippen LogP contribution in [0.2, 0.25) is 0 Å². The van der Waals surface area contributed by atoms with Crippen LogP contribution in [0.4, 0.5) is 0 Å². The van der Waals surface area contributed by atoms with E-state index in [1.807, 2.05) is 6.07 Å². The monoisotopic (exact) mass is 906 g/mol. The van der Waals surface area contributed by atoms with Crippen molar-refractivity contribution in [3.63, 3.8) is 0 Å². The maximum absolute atomic E-state index is 12.3. The summed E-state index contributed by atoms with van der Waals surface area (Å²) in [6, 6.07) is 20.9. The SMILES string of the molecule is CCCCCCCCCCCCc1ccc(Oc2cccc(S(=O)(=O)O)c2)cc1O.CCCCCCCCCCCCc1ccc(Oc2cccc(S(=O)(=O)[O-])c2)cc1[O-].[Ca+2]. The molecule has 0 fully saturated rings. The van der Waals surface area contributed by atoms with Crippen LogP contribution < -0.4 is 14.6 Å². The number of aryl methyl sites for hydroxylation is 2. The number of phenolic OH excluding ortho intramolecular Hbond substituents is 1. The van der Waals surface area contributed by atoms with E-state index in [1.54, 1.807) is 24.3 Å². The Bertz CT molecular complexity index is 1910. The molecule has 0 unspecified atom stereocenters. The van der Waals surface area contributed by atoms with E-state index in [4.69, 9.17) is 14.0 Å². The van der Waals surface area contributed by atoms with Crippen molar-refractivity contribution >= 4 is 58.0 Å². The van der Waals surface area contributed by atoms with Crippen LogP contribution in [-0.4, -0.2) is 68.8 Å². The Labute approximate surface area is 396 Å². The molecule has 2 N–H and O–H groups in total. The van der Waals surface area contributed by atoms with Gasteiger partial charge in [-0.05, 0) is 79.8 Å². The molecule has 61 heavy (non-hydrogen) atoms. The van der Waals surface area contributed by atoms with Gasteiger partial charge in [0, 0.05) is 12.1 Å². The Balaban J connectivity index is 0.000000413. The molecule has 0 aromatic heterocycles. The number of phenols is 1. The standard InChI is InChI=1S/2C24H34O5S.Ca/c2*1-2-3-4-5-6-7-8-9-10-11-13-20-16-17-22(19-24(20)25)29-21-14-12-15-23(18-21)30(26,27)28;/h2*12,14-19,25H,2-11,13H2,1H3,(H,26,27,28);/q;;+2/p-2. The van der Waals surface area contributed by atoms with Gasteiger partial charge in [0.1, 0.15) is 38.9 Å². The van der Waals surface area contributed by atoms with Crippen molar-refractivity contribution in [1.29, 1.82) is 0 Å². The summed E-state index contributed by atoms with van der Waals surface area (Å²) < 4.78 is 76.1. The maximum atomic E-state index is 12.3. The predicted octanol–water partition coefficient (Wildman–Crippen LogP) is 12.4. The Morgan fingerprint density at radius 1 is 0.492 bits per heavy atom. The van der Waals surface area contributed by atoms with Crippen molar-refractivity contribution in [2.45, 2.75) is 165 Å². The molecular weight excluding hydrogens is 841 g/mol. The fraction of sp³-hybridized carbons (Fsp3) is 0.500. The van der Waals surface area contributed by atoms with Gasteiger partial charge in [-0.15, -0.1) is 5.75 Å². The number of rotatable bonds is 28. The summed E-state index contributed by atoms with van der Waals surface area (Å²) in [6.45, 7) is 4.47. The van der Waals surface area contributed by atoms with E-state index in [0.29, 0.717) is 11.5 Å². The zero-order valence-electron chi connectivity index (χ0n) is 36.3. The van der Waals surface area contributed by atoms with Crippen LogP contribution in [0.3, 0.4) is 0 Å². The van der Waals surface area contributed by atoms with E-state index in [1.165, 1.54) is 151 Å². The molecule has 4 rings (SSSR count). The van der Waals surface area contributed by atoms with E-state index in [0.717, 1.165) is 55.7 Å². The van der Waals surface area contributed by atoms with Crippen LogP contribution in [0.1, 0.15) is 153 Å². The quantitative estimate of drug-likeness (QED) is 0.0317. The molecule has 4 aromatic carbocycles. The van der Waals surface area contributed by atoms with Gasteiger partial charge >= 0.3 is 37.7 Å². The van der Waals surface area contributed by atoms with Gasteiger partial charge in [0.15, 0.2) is 0 Å². The molecule has 0 saturated carbocycles. The van der Waals surface area contributed by atoms with Gasteiger partial charge in [-0.3, -0.25) is 4.55 Å². The summed E-state index contributed by atoms with van der Waals surface area (Å²) in [5.74, 6) is 1.30. The topological polar surface area (TPSA) is 173 Å². The third-order valence-electron chi connectivity index (χ3n) is 10.4. The molecular formula is C48H66CaO10S2. The number of benzene rings is 4. The number of ether oxygens (including phenoxy) is 2. The second-order valence-corrected chi connectivity index (χ2v) is 18.3. The van der Waals surface area contributed by atoms with Crippen molar-refractivity contribution in [3.8, 4) is 34.5 Å². The van der Waals surface area contributed by atoms with Crippen molar-refractivity contribution < 1.29 is 45.6 Å². The molecule has 0 spiro atoms. The Morgan fingerprint density at radius 3 is 1.30 bits per heavy atom. The summed E-state index contributed by atoms with van der Waals surface area (Å²) >= 11 is 0. The summed E-state index contributed by atoms with van der Waals surface area (Å²) in [4.78, 5) is -0.596. The van der Waals surface area contributed by atoms with Gasteiger partial charge < -0.3 is 24.2 Å². The molecule has 0 amide bonds. The Morgan fingerprint density at radius 2 is 0.869 bits per heavy atom. The van der Waals surface area contributed by atoms with Crippen LogP contribution in [0.15, 0.2) is 94.7 Å². The number of hydrogen-bond donors (Lipinski definition) is 2. The summed E-state index contributed by atoms with van der Waals surface area (Å²) in [6.07, 6.45) is 26.9. The summed E-state index contributed by atoms with van der Waals surface area (Å²) in [7, 11) is -8.84. The minimum Gasteiger partial charge on any atom is -0.872 e. The summed E-state index contributed by atoms with van der Waals surface area (Å²) in [5, 5.41) is 22.6. The summed E-state index contributed by atoms with van der Waals surface area (Å²) in [5.41, 5.74) is 1.64.